The third-order valence-electron chi connectivity index (χ3n) is 6.71. The monoisotopic (exact) mass is 577 g/mol. The second kappa shape index (κ2) is 11.8. The lowest BCUT2D eigenvalue weighted by Crippen LogP contribution is -2.24. The molecule has 1 aliphatic rings. The summed E-state index contributed by atoms with van der Waals surface area (Å²) in [6, 6.07) is 10.9. The van der Waals surface area contributed by atoms with E-state index in [1.807, 2.05) is 0 Å². The molecule has 5 rings (SSSR count). The van der Waals surface area contributed by atoms with E-state index in [9.17, 15) is 22.8 Å². The molecule has 0 atom stereocenters. The first-order chi connectivity index (χ1) is 20.2. The number of aromatic nitrogens is 2. The summed E-state index contributed by atoms with van der Waals surface area (Å²) in [5.74, 6) is -2.52. The van der Waals surface area contributed by atoms with E-state index >= 15 is 0 Å². The van der Waals surface area contributed by atoms with Gasteiger partial charge in [-0.15, -0.1) is 0 Å². The first-order valence-corrected chi connectivity index (χ1v) is 12.9. The minimum absolute atomic E-state index is 0.0276. The van der Waals surface area contributed by atoms with Crippen LogP contribution in [0.2, 0.25) is 0 Å². The molecule has 2 aromatic carbocycles. The highest BCUT2D eigenvalue weighted by Gasteiger charge is 2.34. The molecular formula is C30H26F3N5O4. The van der Waals surface area contributed by atoms with E-state index in [-0.39, 0.29) is 52.7 Å². The van der Waals surface area contributed by atoms with Crippen molar-refractivity contribution in [1.82, 2.24) is 20.2 Å². The number of nitrogens with one attached hydrogen (secondary N) is 2. The topological polar surface area (TPSA) is 106 Å². The van der Waals surface area contributed by atoms with Gasteiger partial charge in [0.15, 0.2) is 0 Å². The number of nitrogens with zero attached hydrogens (tertiary/aromatic N) is 3. The molecule has 12 heteroatoms. The number of amides is 2. The van der Waals surface area contributed by atoms with Gasteiger partial charge >= 0.3 is 0 Å². The average molecular weight is 578 g/mol. The molecule has 42 heavy (non-hydrogen) atoms. The number of hydrogen-bond donors (Lipinski definition) is 2. The van der Waals surface area contributed by atoms with E-state index in [0.717, 1.165) is 24.4 Å². The molecule has 0 spiro atoms. The molecule has 0 fully saturated rings. The molecule has 0 saturated heterocycles. The van der Waals surface area contributed by atoms with Crippen molar-refractivity contribution in [3.63, 3.8) is 0 Å². The molecule has 0 bridgehead atoms. The predicted molar refractivity (Wildman–Crippen MR) is 148 cm³/mol. The van der Waals surface area contributed by atoms with Gasteiger partial charge in [-0.2, -0.15) is 0 Å². The Morgan fingerprint density at radius 2 is 1.76 bits per heavy atom. The van der Waals surface area contributed by atoms with E-state index in [2.05, 4.69) is 20.6 Å². The van der Waals surface area contributed by atoms with E-state index in [0.29, 0.717) is 23.6 Å². The number of pyridine rings is 2. The minimum atomic E-state index is -0.843. The van der Waals surface area contributed by atoms with Crippen LogP contribution in [0.3, 0.4) is 0 Å². The van der Waals surface area contributed by atoms with Crippen LogP contribution >= 0.6 is 0 Å². The van der Waals surface area contributed by atoms with E-state index in [1.54, 1.807) is 25.1 Å². The average Bonchev–Trinajstić information content (AvgIpc) is 3.28. The van der Waals surface area contributed by atoms with E-state index in [1.165, 1.54) is 31.3 Å². The van der Waals surface area contributed by atoms with Crippen LogP contribution in [0.15, 0.2) is 54.7 Å². The first-order valence-electron chi connectivity index (χ1n) is 12.9. The molecule has 9 nitrogen and oxygen atoms in total. The Bertz CT molecular complexity index is 1680. The lowest BCUT2D eigenvalue weighted by atomic mass is 10.1. The number of anilines is 2. The van der Waals surface area contributed by atoms with Crippen LogP contribution in [0, 0.1) is 17.5 Å². The third kappa shape index (κ3) is 5.42. The van der Waals surface area contributed by atoms with Gasteiger partial charge in [-0.1, -0.05) is 6.07 Å². The Balaban J connectivity index is 1.55. The molecule has 2 N–H and O–H groups in total. The second-order valence-corrected chi connectivity index (χ2v) is 9.35. The van der Waals surface area contributed by atoms with E-state index in [4.69, 9.17) is 9.47 Å². The zero-order valence-electron chi connectivity index (χ0n) is 22.9. The van der Waals surface area contributed by atoms with Gasteiger partial charge in [0.25, 0.3) is 11.8 Å². The number of halogens is 3. The summed E-state index contributed by atoms with van der Waals surface area (Å²) in [4.78, 5) is 35.9. The predicted octanol–water partition coefficient (Wildman–Crippen LogP) is 5.23. The zero-order chi connectivity index (χ0) is 30.0. The summed E-state index contributed by atoms with van der Waals surface area (Å²) in [5.41, 5.74) is 0.503. The molecule has 0 radical (unpaired) electrons. The molecule has 2 aromatic heterocycles. The summed E-state index contributed by atoms with van der Waals surface area (Å²) < 4.78 is 55.1. The number of methoxy groups -OCH3 is 2. The minimum Gasteiger partial charge on any atom is -0.497 e. The Morgan fingerprint density at radius 1 is 1.00 bits per heavy atom. The lowest BCUT2D eigenvalue weighted by molar-refractivity contribution is 0.0765. The number of benzene rings is 2. The summed E-state index contributed by atoms with van der Waals surface area (Å²) >= 11 is 0. The van der Waals surface area contributed by atoms with Crippen LogP contribution in [0.1, 0.15) is 38.9 Å². The SMILES string of the molecule is CCNC(=O)c1cnc(Nc2cc(-c3c(F)cccc3F)nc3c2C(=O)N(Cc2ccc(OC)cc2OC)C3)cc1F. The van der Waals surface area contributed by atoms with Gasteiger partial charge in [0.2, 0.25) is 0 Å². The van der Waals surface area contributed by atoms with Gasteiger partial charge in [-0.3, -0.25) is 9.59 Å². The Kier molecular flexibility index (Phi) is 7.96. The fraction of sp³-hybridized carbons (Fsp3) is 0.200. The summed E-state index contributed by atoms with van der Waals surface area (Å²) in [6.07, 6.45) is 1.06. The summed E-state index contributed by atoms with van der Waals surface area (Å²) in [5, 5.41) is 5.39. The molecule has 0 unspecified atom stereocenters. The molecule has 3 heterocycles. The molecular weight excluding hydrogens is 551 g/mol. The highest BCUT2D eigenvalue weighted by Crippen LogP contribution is 2.37. The summed E-state index contributed by atoms with van der Waals surface area (Å²) in [7, 11) is 3.03. The Morgan fingerprint density at radius 3 is 2.43 bits per heavy atom. The van der Waals surface area contributed by atoms with Crippen LogP contribution in [0.4, 0.5) is 24.7 Å². The van der Waals surface area contributed by atoms with Crippen LogP contribution < -0.4 is 20.1 Å². The molecule has 4 aromatic rings. The van der Waals surface area contributed by atoms with Crippen molar-refractivity contribution in [2.24, 2.45) is 0 Å². The zero-order valence-corrected chi connectivity index (χ0v) is 22.9. The molecule has 216 valence electrons. The standard InChI is InChI=1S/C30H26F3N5O4/c1-4-34-29(39)18-13-35-26(11-21(18)33)37-23-12-22(27-19(31)6-5-7-20(27)32)36-24-15-38(30(40)28(23)24)14-16-8-9-17(41-2)10-25(16)42-3/h5-13H,4,14-15H2,1-3H3,(H,34,39)(H,35,36,37). The van der Waals surface area contributed by atoms with Gasteiger partial charge in [0, 0.05) is 30.4 Å². The van der Waals surface area contributed by atoms with Gasteiger partial charge in [0.05, 0.1) is 61.1 Å². The number of fused-ring (bicyclic) bond motifs is 1. The Hall–Kier alpha value is -5.13. The van der Waals surface area contributed by atoms with Crippen molar-refractivity contribution >= 4 is 23.3 Å². The van der Waals surface area contributed by atoms with Crippen molar-refractivity contribution in [2.45, 2.75) is 20.0 Å². The highest BCUT2D eigenvalue weighted by atomic mass is 19.1. The highest BCUT2D eigenvalue weighted by molar-refractivity contribution is 6.04. The normalized spacial score (nSPS) is 12.2. The van der Waals surface area contributed by atoms with Gasteiger partial charge in [-0.25, -0.2) is 23.1 Å². The van der Waals surface area contributed by atoms with Crippen molar-refractivity contribution in [3.05, 3.63) is 94.6 Å². The third-order valence-corrected chi connectivity index (χ3v) is 6.71. The van der Waals surface area contributed by atoms with Crippen molar-refractivity contribution in [1.29, 1.82) is 0 Å². The first kappa shape index (κ1) is 28.4. The smallest absolute Gasteiger partial charge is 0.258 e. The number of rotatable bonds is 9. The van der Waals surface area contributed by atoms with Crippen molar-refractivity contribution < 1.29 is 32.2 Å². The van der Waals surface area contributed by atoms with Crippen LogP contribution in [-0.4, -0.2) is 47.4 Å². The van der Waals surface area contributed by atoms with Crippen LogP contribution in [-0.2, 0) is 13.1 Å². The number of carbonyl (C=O) groups excluding carboxylic acids is 2. The van der Waals surface area contributed by atoms with Crippen molar-refractivity contribution in [3.8, 4) is 22.8 Å². The molecule has 0 saturated carbocycles. The molecule has 1 aliphatic heterocycles. The van der Waals surface area contributed by atoms with Gasteiger partial charge < -0.3 is 25.0 Å². The van der Waals surface area contributed by atoms with Gasteiger partial charge in [-0.05, 0) is 37.3 Å². The van der Waals surface area contributed by atoms with E-state index < -0.39 is 29.3 Å². The maximum atomic E-state index is 14.8. The number of ether oxygens (including phenoxy) is 2. The molecule has 2 amide bonds. The van der Waals surface area contributed by atoms with Crippen LogP contribution in [0.25, 0.3) is 11.3 Å². The maximum Gasteiger partial charge on any atom is 0.258 e. The largest absolute Gasteiger partial charge is 0.497 e. The molecule has 0 aliphatic carbocycles. The Labute approximate surface area is 239 Å². The maximum absolute atomic E-state index is 14.8. The van der Waals surface area contributed by atoms with Crippen LogP contribution in [0.5, 0.6) is 11.5 Å². The number of hydrogen-bond acceptors (Lipinski definition) is 7. The number of carbonyl (C=O) groups is 2. The fourth-order valence-corrected chi connectivity index (χ4v) is 4.71. The summed E-state index contributed by atoms with van der Waals surface area (Å²) in [6.45, 7) is 2.17. The van der Waals surface area contributed by atoms with Crippen molar-refractivity contribution in [2.75, 3.05) is 26.1 Å². The second-order valence-electron chi connectivity index (χ2n) is 9.35. The fourth-order valence-electron chi connectivity index (χ4n) is 4.71. The quantitative estimate of drug-likeness (QED) is 0.281. The van der Waals surface area contributed by atoms with Gasteiger partial charge in [0.1, 0.15) is 34.8 Å². The lowest BCUT2D eigenvalue weighted by Gasteiger charge is -2.18.